The fourth-order valence-electron chi connectivity index (χ4n) is 1.77. The molecule has 0 aliphatic rings. The molecule has 1 unspecified atom stereocenters. The normalized spacial score (nSPS) is 14.7. The van der Waals surface area contributed by atoms with Crippen LogP contribution in [0.4, 0.5) is 23.2 Å². The van der Waals surface area contributed by atoms with Crippen LogP contribution in [0.15, 0.2) is 24.3 Å². The van der Waals surface area contributed by atoms with Gasteiger partial charge in [-0.25, -0.2) is 4.39 Å². The number of rotatable bonds is 6. The maximum absolute atomic E-state index is 13.0. The number of primary amides is 1. The number of halogens is 4. The highest BCUT2D eigenvalue weighted by Gasteiger charge is 2.33. The Hall–Kier alpha value is -1.79. The first-order valence-corrected chi connectivity index (χ1v) is 6.03. The van der Waals surface area contributed by atoms with Crippen molar-refractivity contribution in [1.82, 2.24) is 0 Å². The van der Waals surface area contributed by atoms with Crippen LogP contribution >= 0.6 is 0 Å². The maximum atomic E-state index is 13.0. The lowest BCUT2D eigenvalue weighted by atomic mass is 9.93. The van der Waals surface area contributed by atoms with Crippen molar-refractivity contribution in [2.75, 3.05) is 5.32 Å². The third-order valence-electron chi connectivity index (χ3n) is 2.93. The minimum Gasteiger partial charge on any atom is -0.371 e. The molecule has 0 radical (unpaired) electrons. The van der Waals surface area contributed by atoms with E-state index in [0.717, 1.165) is 6.07 Å². The van der Waals surface area contributed by atoms with Crippen LogP contribution in [0, 0.1) is 5.82 Å². The Labute approximate surface area is 114 Å². The molecule has 0 aliphatic carbocycles. The number of nitrogens with one attached hydrogen (secondary N) is 1. The molecule has 1 aromatic rings. The summed E-state index contributed by atoms with van der Waals surface area (Å²) < 4.78 is 49.4. The molecular weight excluding hydrogens is 276 g/mol. The van der Waals surface area contributed by atoms with Gasteiger partial charge >= 0.3 is 6.18 Å². The van der Waals surface area contributed by atoms with E-state index in [9.17, 15) is 22.4 Å². The number of nitrogens with two attached hydrogens (primary N) is 1. The zero-order chi connectivity index (χ0) is 15.4. The van der Waals surface area contributed by atoms with Crippen molar-refractivity contribution in [2.45, 2.75) is 37.9 Å². The van der Waals surface area contributed by atoms with Crippen LogP contribution in [0.1, 0.15) is 26.2 Å². The van der Waals surface area contributed by atoms with Crippen LogP contribution in [-0.2, 0) is 4.79 Å². The lowest BCUT2D eigenvalue weighted by Crippen LogP contribution is -2.48. The van der Waals surface area contributed by atoms with Crippen molar-refractivity contribution in [3.63, 3.8) is 0 Å². The van der Waals surface area contributed by atoms with Gasteiger partial charge in [-0.2, -0.15) is 13.2 Å². The number of benzene rings is 1. The molecule has 0 heterocycles. The summed E-state index contributed by atoms with van der Waals surface area (Å²) in [5.41, 5.74) is 4.16. The second-order valence-electron chi connectivity index (χ2n) is 4.80. The van der Waals surface area contributed by atoms with Gasteiger partial charge in [-0.05, 0) is 38.0 Å². The molecule has 3 N–H and O–H groups in total. The van der Waals surface area contributed by atoms with Crippen molar-refractivity contribution in [1.29, 1.82) is 0 Å². The van der Waals surface area contributed by atoms with Gasteiger partial charge in [-0.15, -0.1) is 0 Å². The number of alkyl halides is 3. The number of amides is 1. The summed E-state index contributed by atoms with van der Waals surface area (Å²) in [5, 5.41) is 2.70. The second-order valence-corrected chi connectivity index (χ2v) is 4.80. The van der Waals surface area contributed by atoms with E-state index >= 15 is 0 Å². The molecule has 112 valence electrons. The Morgan fingerprint density at radius 1 is 1.30 bits per heavy atom. The highest BCUT2D eigenvalue weighted by atomic mass is 19.4. The average Bonchev–Trinajstić information content (AvgIpc) is 2.26. The second kappa shape index (κ2) is 6.11. The summed E-state index contributed by atoms with van der Waals surface area (Å²) in [6.45, 7) is 1.40. The highest BCUT2D eigenvalue weighted by Crippen LogP contribution is 2.27. The van der Waals surface area contributed by atoms with E-state index in [2.05, 4.69) is 5.32 Å². The van der Waals surface area contributed by atoms with Gasteiger partial charge < -0.3 is 11.1 Å². The predicted octanol–water partition coefficient (Wildman–Crippen LogP) is 3.21. The molecule has 0 fully saturated rings. The van der Waals surface area contributed by atoms with E-state index in [1.807, 2.05) is 0 Å². The number of hydrogen-bond donors (Lipinski definition) is 2. The lowest BCUT2D eigenvalue weighted by molar-refractivity contribution is -0.137. The summed E-state index contributed by atoms with van der Waals surface area (Å²) in [6.07, 6.45) is -5.62. The average molecular weight is 292 g/mol. The lowest BCUT2D eigenvalue weighted by Gasteiger charge is -2.29. The van der Waals surface area contributed by atoms with Gasteiger partial charge in [0.05, 0.1) is 0 Å². The number of anilines is 1. The molecule has 0 aliphatic heterocycles. The zero-order valence-corrected chi connectivity index (χ0v) is 10.9. The van der Waals surface area contributed by atoms with E-state index in [4.69, 9.17) is 5.73 Å². The summed E-state index contributed by atoms with van der Waals surface area (Å²) in [5.74, 6) is -1.30. The Bertz CT molecular complexity index is 476. The maximum Gasteiger partial charge on any atom is 0.389 e. The van der Waals surface area contributed by atoms with Crippen molar-refractivity contribution < 1.29 is 22.4 Å². The minimum atomic E-state index is -4.28. The van der Waals surface area contributed by atoms with Crippen LogP contribution < -0.4 is 11.1 Å². The summed E-state index contributed by atoms with van der Waals surface area (Å²) in [4.78, 5) is 11.5. The van der Waals surface area contributed by atoms with Crippen LogP contribution in [-0.4, -0.2) is 17.6 Å². The molecule has 0 bridgehead atoms. The van der Waals surface area contributed by atoms with Gasteiger partial charge in [0.15, 0.2) is 0 Å². The first-order valence-electron chi connectivity index (χ1n) is 6.03. The fraction of sp³-hybridized carbons (Fsp3) is 0.462. The number of hydrogen-bond acceptors (Lipinski definition) is 2. The SMILES string of the molecule is CC(CCCC(F)(F)F)(Nc1cccc(F)c1)C(N)=O. The predicted molar refractivity (Wildman–Crippen MR) is 67.5 cm³/mol. The minimum absolute atomic E-state index is 0.0989. The molecular formula is C13H16F4N2O. The topological polar surface area (TPSA) is 55.1 Å². The molecule has 7 heteroatoms. The Morgan fingerprint density at radius 2 is 1.95 bits per heavy atom. The van der Waals surface area contributed by atoms with Crippen LogP contribution in [0.5, 0.6) is 0 Å². The monoisotopic (exact) mass is 292 g/mol. The summed E-state index contributed by atoms with van der Waals surface area (Å²) >= 11 is 0. The summed E-state index contributed by atoms with van der Waals surface area (Å²) in [7, 11) is 0. The van der Waals surface area contributed by atoms with E-state index in [1.165, 1.54) is 25.1 Å². The molecule has 3 nitrogen and oxygen atoms in total. The number of carbonyl (C=O) groups excluding carboxylic acids is 1. The first-order chi connectivity index (χ1) is 9.12. The van der Waals surface area contributed by atoms with Crippen molar-refractivity contribution >= 4 is 11.6 Å². The van der Waals surface area contributed by atoms with Crippen LogP contribution in [0.25, 0.3) is 0 Å². The van der Waals surface area contributed by atoms with Gasteiger partial charge in [-0.1, -0.05) is 6.07 Å². The molecule has 0 saturated heterocycles. The largest absolute Gasteiger partial charge is 0.389 e. The molecule has 1 amide bonds. The fourth-order valence-corrected chi connectivity index (χ4v) is 1.77. The third kappa shape index (κ3) is 5.07. The molecule has 1 atom stereocenters. The molecule has 1 rings (SSSR count). The summed E-state index contributed by atoms with van der Waals surface area (Å²) in [6, 6.07) is 5.30. The Kier molecular flexibility index (Phi) is 4.97. The standard InChI is InChI=1S/C13H16F4N2O/c1-12(11(18)20,6-3-7-13(15,16)17)19-10-5-2-4-9(14)8-10/h2,4-5,8,19H,3,6-7H2,1H3,(H2,18,20). The van der Waals surface area contributed by atoms with E-state index in [0.29, 0.717) is 5.69 Å². The first kappa shape index (κ1) is 16.3. The Balaban J connectivity index is 2.74. The Morgan fingerprint density at radius 3 is 2.45 bits per heavy atom. The van der Waals surface area contributed by atoms with Crippen molar-refractivity contribution in [3.05, 3.63) is 30.1 Å². The molecule has 0 spiro atoms. The van der Waals surface area contributed by atoms with Crippen LogP contribution in [0.3, 0.4) is 0 Å². The van der Waals surface area contributed by atoms with Gasteiger partial charge in [0.2, 0.25) is 5.91 Å². The van der Waals surface area contributed by atoms with E-state index in [1.54, 1.807) is 0 Å². The third-order valence-corrected chi connectivity index (χ3v) is 2.93. The number of carbonyl (C=O) groups is 1. The van der Waals surface area contributed by atoms with Gasteiger partial charge in [0, 0.05) is 12.1 Å². The quantitative estimate of drug-likeness (QED) is 0.791. The van der Waals surface area contributed by atoms with Crippen molar-refractivity contribution in [3.8, 4) is 0 Å². The van der Waals surface area contributed by atoms with Gasteiger partial charge in [0.1, 0.15) is 11.4 Å². The molecule has 0 saturated carbocycles. The van der Waals surface area contributed by atoms with E-state index in [-0.39, 0.29) is 12.8 Å². The van der Waals surface area contributed by atoms with Gasteiger partial charge in [-0.3, -0.25) is 4.79 Å². The smallest absolute Gasteiger partial charge is 0.371 e. The van der Waals surface area contributed by atoms with Crippen LogP contribution in [0.2, 0.25) is 0 Å². The zero-order valence-electron chi connectivity index (χ0n) is 10.9. The molecule has 20 heavy (non-hydrogen) atoms. The van der Waals surface area contributed by atoms with E-state index < -0.39 is 29.9 Å². The van der Waals surface area contributed by atoms with Gasteiger partial charge in [0.25, 0.3) is 0 Å². The van der Waals surface area contributed by atoms with Crippen molar-refractivity contribution in [2.24, 2.45) is 5.73 Å². The highest BCUT2D eigenvalue weighted by molar-refractivity contribution is 5.87. The molecule has 1 aromatic carbocycles. The molecule has 0 aromatic heterocycles.